The largest absolute Gasteiger partial charge is 0.671 e. The summed E-state index contributed by atoms with van der Waals surface area (Å²) in [4.78, 5) is 0. The molecule has 0 aliphatic heterocycles. The van der Waals surface area contributed by atoms with Crippen LogP contribution in [0, 0.1) is 0 Å². The van der Waals surface area contributed by atoms with Gasteiger partial charge in [-0.25, -0.2) is 0 Å². The second kappa shape index (κ2) is 1.58. The number of rotatable bonds is 0. The van der Waals surface area contributed by atoms with Gasteiger partial charge in [-0.15, -0.1) is 0 Å². The molecule has 0 aromatic heterocycles. The van der Waals surface area contributed by atoms with Crippen LogP contribution in [-0.2, 0) is 12.8 Å². The standard InChI is InChI=1S/CH4NOS/c1-2(3)4/h3H,1H3/q-1. The molecular formula is CH4NOS-. The van der Waals surface area contributed by atoms with Gasteiger partial charge >= 0.3 is 0 Å². The van der Waals surface area contributed by atoms with Crippen LogP contribution in [0.4, 0.5) is 0 Å². The van der Waals surface area contributed by atoms with E-state index >= 15 is 0 Å². The highest BCUT2D eigenvalue weighted by atomic mass is 32.1. The Labute approximate surface area is 30.5 Å². The number of hydroxylamine groups is 1. The molecule has 4 heavy (non-hydrogen) atoms. The lowest BCUT2D eigenvalue weighted by molar-refractivity contribution is 0.0470. The van der Waals surface area contributed by atoms with E-state index < -0.39 is 0 Å². The Morgan fingerprint density at radius 3 is 2.00 bits per heavy atom. The van der Waals surface area contributed by atoms with E-state index in [1.807, 2.05) is 0 Å². The highest BCUT2D eigenvalue weighted by Crippen LogP contribution is 1.50. The highest BCUT2D eigenvalue weighted by molar-refractivity contribution is 7.55. The Morgan fingerprint density at radius 1 is 2.00 bits per heavy atom. The first-order valence-electron chi connectivity index (χ1n) is 0.830. The predicted octanol–water partition coefficient (Wildman–Crippen LogP) is -0.231. The van der Waals surface area contributed by atoms with Crippen molar-refractivity contribution >= 4 is 12.8 Å². The Balaban J connectivity index is 2.32. The molecule has 1 N–H and O–H groups in total. The van der Waals surface area contributed by atoms with Gasteiger partial charge in [-0.1, -0.05) is 0 Å². The van der Waals surface area contributed by atoms with E-state index in [0.717, 1.165) is 0 Å². The van der Waals surface area contributed by atoms with E-state index in [4.69, 9.17) is 5.21 Å². The molecule has 0 bridgehead atoms. The molecule has 0 aromatic rings. The molecule has 0 heterocycles. The number of nitrogens with zero attached hydrogens (tertiary/aromatic N) is 1. The fourth-order valence-electron chi connectivity index (χ4n) is 0. The minimum Gasteiger partial charge on any atom is -0.671 e. The van der Waals surface area contributed by atoms with Gasteiger partial charge in [0, 0.05) is 0 Å². The molecule has 0 aliphatic rings. The van der Waals surface area contributed by atoms with E-state index in [0.29, 0.717) is 4.47 Å². The Bertz CT molecular complexity index is 12.8. The summed E-state index contributed by atoms with van der Waals surface area (Å²) < 4.78 is 0.583. The third-order valence-electron chi connectivity index (χ3n) is 0. The molecule has 0 aliphatic carbocycles. The van der Waals surface area contributed by atoms with Crippen molar-refractivity contribution in [2.45, 2.75) is 0 Å². The van der Waals surface area contributed by atoms with Crippen LogP contribution >= 0.6 is 0 Å². The van der Waals surface area contributed by atoms with Crippen LogP contribution in [0.3, 0.4) is 0 Å². The average molecular weight is 78.1 g/mol. The minimum atomic E-state index is 0.583. The second-order valence-electron chi connectivity index (χ2n) is 0.464. The summed E-state index contributed by atoms with van der Waals surface area (Å²) in [7, 11) is 1.37. The molecule has 0 radical (unpaired) electrons. The summed E-state index contributed by atoms with van der Waals surface area (Å²) in [5, 5.41) is 7.70. The van der Waals surface area contributed by atoms with Crippen molar-refractivity contribution in [1.29, 1.82) is 0 Å². The Hall–Kier alpha value is 0.270. The van der Waals surface area contributed by atoms with Gasteiger partial charge in [-0.3, -0.25) is 0 Å². The summed E-state index contributed by atoms with van der Waals surface area (Å²) in [6.45, 7) is 0. The third kappa shape index (κ3) is 50.2. The Kier molecular flexibility index (Phi) is 1.68. The second-order valence-corrected chi connectivity index (χ2v) is 0.993. The zero-order valence-corrected chi connectivity index (χ0v) is 3.12. The lowest BCUT2D eigenvalue weighted by Crippen LogP contribution is -1.98. The zero-order chi connectivity index (χ0) is 3.58. The van der Waals surface area contributed by atoms with Gasteiger partial charge in [0.2, 0.25) is 0 Å². The first-order valence-corrected chi connectivity index (χ1v) is 1.19. The van der Waals surface area contributed by atoms with Gasteiger partial charge in [0.15, 0.2) is 0 Å². The zero-order valence-electron chi connectivity index (χ0n) is 2.30. The fourth-order valence-corrected chi connectivity index (χ4v) is 0. The van der Waals surface area contributed by atoms with Crippen molar-refractivity contribution in [3.8, 4) is 0 Å². The molecule has 0 unspecified atom stereocenters. The van der Waals surface area contributed by atoms with Crippen molar-refractivity contribution in [2.24, 2.45) is 0 Å². The topological polar surface area (TPSA) is 23.5 Å². The summed E-state index contributed by atoms with van der Waals surface area (Å²) in [5.41, 5.74) is 0. The summed E-state index contributed by atoms with van der Waals surface area (Å²) in [5.74, 6) is 0. The molecule has 0 saturated carbocycles. The normalized spacial score (nSPS) is 9.00. The first kappa shape index (κ1) is 4.27. The SMILES string of the molecule is CN(O)[S-]. The molecule has 0 aromatic carbocycles. The van der Waals surface area contributed by atoms with Crippen molar-refractivity contribution in [3.63, 3.8) is 0 Å². The monoisotopic (exact) mass is 78.0 g/mol. The molecule has 0 amide bonds. The molecular weight excluding hydrogens is 74.1 g/mol. The summed E-state index contributed by atoms with van der Waals surface area (Å²) in [6.07, 6.45) is 0. The van der Waals surface area contributed by atoms with Crippen molar-refractivity contribution in [2.75, 3.05) is 7.05 Å². The van der Waals surface area contributed by atoms with Crippen LogP contribution in [0.1, 0.15) is 0 Å². The molecule has 0 saturated heterocycles. The van der Waals surface area contributed by atoms with Crippen LogP contribution in [0.2, 0.25) is 0 Å². The maximum Gasteiger partial charge on any atom is -0.0136 e. The van der Waals surface area contributed by atoms with Crippen LogP contribution in [0.25, 0.3) is 0 Å². The summed E-state index contributed by atoms with van der Waals surface area (Å²) >= 11 is 4.01. The maximum absolute atomic E-state index is 7.70. The Morgan fingerprint density at radius 2 is 2.00 bits per heavy atom. The molecule has 2 nitrogen and oxygen atoms in total. The smallest absolute Gasteiger partial charge is 0.0136 e. The quantitative estimate of drug-likeness (QED) is 0.320. The van der Waals surface area contributed by atoms with E-state index in [9.17, 15) is 0 Å². The van der Waals surface area contributed by atoms with E-state index in [1.165, 1.54) is 7.05 Å². The molecule has 0 atom stereocenters. The molecule has 3 heteroatoms. The van der Waals surface area contributed by atoms with Crippen molar-refractivity contribution in [3.05, 3.63) is 0 Å². The van der Waals surface area contributed by atoms with E-state index in [1.54, 1.807) is 0 Å². The molecule has 0 fully saturated rings. The van der Waals surface area contributed by atoms with Crippen LogP contribution in [0.5, 0.6) is 0 Å². The molecule has 0 rings (SSSR count). The van der Waals surface area contributed by atoms with Crippen molar-refractivity contribution < 1.29 is 5.21 Å². The molecule has 26 valence electrons. The van der Waals surface area contributed by atoms with E-state index in [-0.39, 0.29) is 0 Å². The third-order valence-corrected chi connectivity index (χ3v) is 0. The summed E-state index contributed by atoms with van der Waals surface area (Å²) in [6, 6.07) is 0. The van der Waals surface area contributed by atoms with Gasteiger partial charge in [0.1, 0.15) is 0 Å². The van der Waals surface area contributed by atoms with Crippen LogP contribution < -0.4 is 0 Å². The minimum absolute atomic E-state index is 0.583. The van der Waals surface area contributed by atoms with Crippen LogP contribution in [0.15, 0.2) is 0 Å². The average Bonchev–Trinajstić information content (AvgIpc) is 0.811. The van der Waals surface area contributed by atoms with Gasteiger partial charge < -0.3 is 22.5 Å². The van der Waals surface area contributed by atoms with Gasteiger partial charge in [0.25, 0.3) is 0 Å². The van der Waals surface area contributed by atoms with Gasteiger partial charge in [-0.2, -0.15) is 0 Å². The van der Waals surface area contributed by atoms with Gasteiger partial charge in [-0.05, 0) is 7.05 Å². The van der Waals surface area contributed by atoms with E-state index in [2.05, 4.69) is 12.8 Å². The number of hydrogen-bond donors (Lipinski definition) is 1. The first-order chi connectivity index (χ1) is 1.73. The lowest BCUT2D eigenvalue weighted by Gasteiger charge is -2.09. The predicted molar refractivity (Wildman–Crippen MR) is 16.9 cm³/mol. The highest BCUT2D eigenvalue weighted by Gasteiger charge is 1.42. The van der Waals surface area contributed by atoms with Crippen molar-refractivity contribution in [1.82, 2.24) is 4.47 Å². The number of hydrogen-bond acceptors (Lipinski definition) is 3. The molecule has 0 spiro atoms. The lowest BCUT2D eigenvalue weighted by atomic mass is 11.6. The van der Waals surface area contributed by atoms with Crippen LogP contribution in [-0.4, -0.2) is 16.7 Å². The van der Waals surface area contributed by atoms with Gasteiger partial charge in [0.05, 0.1) is 0 Å². The fraction of sp³-hybridized carbons (Fsp3) is 1.00. The maximum atomic E-state index is 7.70.